The van der Waals surface area contributed by atoms with Crippen molar-refractivity contribution in [3.8, 4) is 0 Å². The molecule has 2 aromatic carbocycles. The van der Waals surface area contributed by atoms with Gasteiger partial charge in [0.05, 0.1) is 0 Å². The highest BCUT2D eigenvalue weighted by Crippen LogP contribution is 2.60. The van der Waals surface area contributed by atoms with Gasteiger partial charge in [0.2, 0.25) is 0 Å². The maximum Gasteiger partial charge on any atom is 0.123 e. The highest BCUT2D eigenvalue weighted by atomic mass is 28.3. The van der Waals surface area contributed by atoms with Gasteiger partial charge >= 0.3 is 0 Å². The van der Waals surface area contributed by atoms with Gasteiger partial charge in [0, 0.05) is 13.2 Å². The Morgan fingerprint density at radius 1 is 0.923 bits per heavy atom. The SMILES string of the molecule is CC(C)(C)[Si](C[C@H]1C[C@@]1(CO)CCO)(c1ccccc1)c1ccccc1. The summed E-state index contributed by atoms with van der Waals surface area (Å²) in [4.78, 5) is 0. The molecule has 2 nitrogen and oxygen atoms in total. The molecule has 0 heterocycles. The smallest absolute Gasteiger partial charge is 0.123 e. The molecule has 2 aromatic rings. The molecular weight excluding hydrogens is 336 g/mol. The Morgan fingerprint density at radius 3 is 1.81 bits per heavy atom. The first-order chi connectivity index (χ1) is 12.4. The van der Waals surface area contributed by atoms with Crippen molar-refractivity contribution in [3.63, 3.8) is 0 Å². The molecule has 26 heavy (non-hydrogen) atoms. The highest BCUT2D eigenvalue weighted by molar-refractivity contribution is 7.04. The minimum atomic E-state index is -2.08. The fourth-order valence-electron chi connectivity index (χ4n) is 4.91. The maximum atomic E-state index is 10.0. The van der Waals surface area contributed by atoms with Gasteiger partial charge in [-0.2, -0.15) is 0 Å². The number of benzene rings is 2. The summed E-state index contributed by atoms with van der Waals surface area (Å²) in [7, 11) is -2.08. The Balaban J connectivity index is 2.10. The lowest BCUT2D eigenvalue weighted by Gasteiger charge is -2.45. The molecule has 2 N–H and O–H groups in total. The molecule has 0 amide bonds. The molecule has 140 valence electrons. The van der Waals surface area contributed by atoms with Gasteiger partial charge in [-0.25, -0.2) is 0 Å². The molecule has 0 spiro atoms. The van der Waals surface area contributed by atoms with Crippen LogP contribution in [0.3, 0.4) is 0 Å². The molecule has 0 unspecified atom stereocenters. The number of rotatable bonds is 7. The molecule has 0 saturated heterocycles. The van der Waals surface area contributed by atoms with Crippen molar-refractivity contribution >= 4 is 18.4 Å². The first-order valence-corrected chi connectivity index (χ1v) is 11.9. The van der Waals surface area contributed by atoms with Gasteiger partial charge in [0.15, 0.2) is 0 Å². The van der Waals surface area contributed by atoms with E-state index in [-0.39, 0.29) is 23.7 Å². The van der Waals surface area contributed by atoms with Crippen LogP contribution < -0.4 is 10.4 Å². The minimum absolute atomic E-state index is 0.0676. The van der Waals surface area contributed by atoms with Crippen LogP contribution in [0.4, 0.5) is 0 Å². The zero-order chi connectivity index (χ0) is 18.8. The van der Waals surface area contributed by atoms with E-state index in [4.69, 9.17) is 0 Å². The summed E-state index contributed by atoms with van der Waals surface area (Å²) in [5, 5.41) is 22.6. The van der Waals surface area contributed by atoms with Gasteiger partial charge < -0.3 is 10.2 Å². The zero-order valence-corrected chi connectivity index (χ0v) is 17.3. The minimum Gasteiger partial charge on any atom is -0.396 e. The second-order valence-electron chi connectivity index (χ2n) is 8.99. The molecule has 1 fully saturated rings. The molecule has 1 aliphatic rings. The van der Waals surface area contributed by atoms with Gasteiger partial charge in [0.25, 0.3) is 0 Å². The predicted molar refractivity (Wildman–Crippen MR) is 112 cm³/mol. The molecular formula is C23H32O2Si. The Hall–Kier alpha value is -1.42. The van der Waals surface area contributed by atoms with E-state index in [9.17, 15) is 10.2 Å². The Kier molecular flexibility index (Phi) is 5.43. The van der Waals surface area contributed by atoms with E-state index >= 15 is 0 Å². The van der Waals surface area contributed by atoms with Gasteiger partial charge in [-0.3, -0.25) is 0 Å². The van der Waals surface area contributed by atoms with E-state index in [1.165, 1.54) is 10.4 Å². The average molecular weight is 369 g/mol. The molecule has 0 radical (unpaired) electrons. The molecule has 0 aromatic heterocycles. The summed E-state index contributed by atoms with van der Waals surface area (Å²) in [6, 6.07) is 23.2. The molecule has 0 aliphatic heterocycles. The highest BCUT2D eigenvalue weighted by Gasteiger charge is 2.59. The first kappa shape index (κ1) is 19.3. The number of hydrogen-bond donors (Lipinski definition) is 2. The molecule has 0 bridgehead atoms. The fraction of sp³-hybridized carbons (Fsp3) is 0.478. The second kappa shape index (κ2) is 7.30. The Morgan fingerprint density at radius 2 is 1.42 bits per heavy atom. The molecule has 1 aliphatic carbocycles. The van der Waals surface area contributed by atoms with Crippen LogP contribution >= 0.6 is 0 Å². The van der Waals surface area contributed by atoms with E-state index < -0.39 is 8.07 Å². The van der Waals surface area contributed by atoms with Gasteiger partial charge in [-0.05, 0) is 35.3 Å². The van der Waals surface area contributed by atoms with Crippen LogP contribution in [0, 0.1) is 11.3 Å². The van der Waals surface area contributed by atoms with Crippen LogP contribution in [0.5, 0.6) is 0 Å². The van der Waals surface area contributed by atoms with Crippen molar-refractivity contribution in [2.45, 2.75) is 44.7 Å². The van der Waals surface area contributed by atoms with Gasteiger partial charge in [0.1, 0.15) is 8.07 Å². The Labute approximate surface area is 158 Å². The van der Waals surface area contributed by atoms with Crippen molar-refractivity contribution in [2.24, 2.45) is 11.3 Å². The van der Waals surface area contributed by atoms with Crippen LogP contribution in [0.1, 0.15) is 33.6 Å². The predicted octanol–water partition coefficient (Wildman–Crippen LogP) is 3.43. The summed E-state index contributed by atoms with van der Waals surface area (Å²) >= 11 is 0. The third kappa shape index (κ3) is 3.28. The van der Waals surface area contributed by atoms with Crippen molar-refractivity contribution in [3.05, 3.63) is 60.7 Å². The topological polar surface area (TPSA) is 40.5 Å². The standard InChI is InChI=1S/C23H32O2Si/c1-22(2,3)26(20-10-6-4-7-11-20,21-12-8-5-9-13-21)17-19-16-23(19,18-25)14-15-24/h4-13,19,24-25H,14-18H2,1-3H3/t19-,23-/m1/s1. The van der Waals surface area contributed by atoms with E-state index in [0.29, 0.717) is 12.3 Å². The summed E-state index contributed by atoms with van der Waals surface area (Å²) in [6.07, 6.45) is 1.75. The zero-order valence-electron chi connectivity index (χ0n) is 16.3. The van der Waals surface area contributed by atoms with E-state index in [2.05, 4.69) is 81.4 Å². The van der Waals surface area contributed by atoms with Crippen molar-refractivity contribution in [1.82, 2.24) is 0 Å². The number of aliphatic hydroxyl groups excluding tert-OH is 2. The van der Waals surface area contributed by atoms with Crippen molar-refractivity contribution in [1.29, 1.82) is 0 Å². The Bertz CT molecular complexity index is 668. The average Bonchev–Trinajstić information content (AvgIpc) is 3.33. The summed E-state index contributed by atoms with van der Waals surface area (Å²) < 4.78 is 0. The quantitative estimate of drug-likeness (QED) is 0.735. The first-order valence-electron chi connectivity index (χ1n) is 9.72. The van der Waals surface area contributed by atoms with Crippen LogP contribution in [0.25, 0.3) is 0 Å². The maximum absolute atomic E-state index is 10.0. The van der Waals surface area contributed by atoms with Crippen LogP contribution in [0.2, 0.25) is 11.1 Å². The van der Waals surface area contributed by atoms with E-state index in [1.54, 1.807) is 0 Å². The van der Waals surface area contributed by atoms with Crippen molar-refractivity contribution < 1.29 is 10.2 Å². The molecule has 2 atom stereocenters. The lowest BCUT2D eigenvalue weighted by atomic mass is 10.0. The summed E-state index contributed by atoms with van der Waals surface area (Å²) in [5.74, 6) is 0.492. The normalized spacial score (nSPS) is 23.0. The van der Waals surface area contributed by atoms with Crippen LogP contribution in [-0.4, -0.2) is 31.5 Å². The number of aliphatic hydroxyl groups is 2. The van der Waals surface area contributed by atoms with Gasteiger partial charge in [-0.1, -0.05) is 91.8 Å². The van der Waals surface area contributed by atoms with Gasteiger partial charge in [-0.15, -0.1) is 0 Å². The third-order valence-electron chi connectivity index (χ3n) is 6.65. The van der Waals surface area contributed by atoms with Crippen LogP contribution in [0.15, 0.2) is 60.7 Å². The second-order valence-corrected chi connectivity index (χ2v) is 13.9. The summed E-state index contributed by atoms with van der Waals surface area (Å²) in [5.41, 5.74) is -0.0676. The van der Waals surface area contributed by atoms with E-state index in [1.807, 2.05) is 0 Å². The molecule has 1 saturated carbocycles. The molecule has 3 rings (SSSR count). The molecule has 3 heteroatoms. The lowest BCUT2D eigenvalue weighted by molar-refractivity contribution is 0.159. The summed E-state index contributed by atoms with van der Waals surface area (Å²) in [6.45, 7) is 7.51. The fourth-order valence-corrected chi connectivity index (χ4v) is 10.9. The number of hydrogen-bond acceptors (Lipinski definition) is 2. The van der Waals surface area contributed by atoms with Crippen LogP contribution in [-0.2, 0) is 0 Å². The monoisotopic (exact) mass is 368 g/mol. The largest absolute Gasteiger partial charge is 0.396 e. The lowest BCUT2D eigenvalue weighted by Crippen LogP contribution is -2.64. The third-order valence-corrected chi connectivity index (χ3v) is 13.0. The van der Waals surface area contributed by atoms with E-state index in [0.717, 1.165) is 12.5 Å². The van der Waals surface area contributed by atoms with Crippen molar-refractivity contribution in [2.75, 3.05) is 13.2 Å².